The smallest absolute Gasteiger partial charge is 0.226 e. The number of hydrogen-bond acceptors (Lipinski definition) is 2. The van der Waals surface area contributed by atoms with Crippen LogP contribution in [0.15, 0.2) is 60.9 Å². The van der Waals surface area contributed by atoms with E-state index in [4.69, 9.17) is 0 Å². The minimum absolute atomic E-state index is 0.0489. The normalized spacial score (nSPS) is 16.5. The van der Waals surface area contributed by atoms with Crippen LogP contribution in [0.25, 0.3) is 5.65 Å². The molecule has 1 atom stereocenters. The Labute approximate surface area is 154 Å². The number of hydrogen-bond donors (Lipinski definition) is 1. The van der Waals surface area contributed by atoms with E-state index in [9.17, 15) is 4.79 Å². The van der Waals surface area contributed by atoms with Gasteiger partial charge in [0.05, 0.1) is 18.2 Å². The van der Waals surface area contributed by atoms with Gasteiger partial charge in [0.2, 0.25) is 5.91 Å². The lowest BCUT2D eigenvalue weighted by molar-refractivity contribution is -0.121. The second-order valence-corrected chi connectivity index (χ2v) is 7.23. The molecule has 4 heteroatoms. The first-order chi connectivity index (χ1) is 12.8. The molecule has 0 unspecified atom stereocenters. The first-order valence-electron chi connectivity index (χ1n) is 9.56. The highest BCUT2D eigenvalue weighted by atomic mass is 16.1. The summed E-state index contributed by atoms with van der Waals surface area (Å²) in [6, 6.07) is 16.4. The molecule has 1 N–H and O–H groups in total. The van der Waals surface area contributed by atoms with Crippen LogP contribution in [0.5, 0.6) is 0 Å². The largest absolute Gasteiger partial charge is 0.349 e. The van der Waals surface area contributed by atoms with Gasteiger partial charge in [0, 0.05) is 12.4 Å². The second kappa shape index (κ2) is 7.73. The number of amides is 1. The number of fused-ring (bicyclic) bond motifs is 1. The predicted molar refractivity (Wildman–Crippen MR) is 103 cm³/mol. The number of aromatic nitrogens is 2. The molecule has 1 fully saturated rings. The molecular formula is C22H25N3O. The first-order valence-corrected chi connectivity index (χ1v) is 9.56. The van der Waals surface area contributed by atoms with E-state index in [2.05, 4.69) is 34.6 Å². The van der Waals surface area contributed by atoms with Crippen molar-refractivity contribution >= 4 is 11.6 Å². The maximum atomic E-state index is 12.8. The van der Waals surface area contributed by atoms with Gasteiger partial charge in [0.25, 0.3) is 0 Å². The Hall–Kier alpha value is -2.62. The highest BCUT2D eigenvalue weighted by molar-refractivity contribution is 5.78. The quantitative estimate of drug-likeness (QED) is 0.747. The standard InChI is InChI=1S/C22H25N3O/c26-21(15-19-16-25-14-8-7-13-20(25)23-19)24-22(17-9-3-1-4-10-17)18-11-5-2-6-12-18/h1,3-4,7-10,13-14,16,18,22H,2,5-6,11-12,15H2,(H,24,26)/t22-/m1/s1. The number of carbonyl (C=O) groups excluding carboxylic acids is 1. The third-order valence-electron chi connectivity index (χ3n) is 5.35. The molecule has 0 bridgehead atoms. The summed E-state index contributed by atoms with van der Waals surface area (Å²) in [5, 5.41) is 3.31. The summed E-state index contributed by atoms with van der Waals surface area (Å²) < 4.78 is 1.96. The Morgan fingerprint density at radius 3 is 2.62 bits per heavy atom. The second-order valence-electron chi connectivity index (χ2n) is 7.23. The molecule has 1 aliphatic carbocycles. The Kier molecular flexibility index (Phi) is 5.00. The van der Waals surface area contributed by atoms with Gasteiger partial charge in [-0.1, -0.05) is 55.7 Å². The van der Waals surface area contributed by atoms with Crippen LogP contribution in [-0.2, 0) is 11.2 Å². The maximum absolute atomic E-state index is 12.8. The van der Waals surface area contributed by atoms with E-state index in [1.54, 1.807) is 0 Å². The van der Waals surface area contributed by atoms with Crippen molar-refractivity contribution in [3.8, 4) is 0 Å². The fourth-order valence-corrected chi connectivity index (χ4v) is 4.06. The summed E-state index contributed by atoms with van der Waals surface area (Å²) in [5.74, 6) is 0.573. The Morgan fingerprint density at radius 2 is 1.85 bits per heavy atom. The van der Waals surface area contributed by atoms with Gasteiger partial charge in [0.15, 0.2) is 0 Å². The number of pyridine rings is 1. The van der Waals surface area contributed by atoms with Gasteiger partial charge in [-0.3, -0.25) is 4.79 Å². The molecule has 134 valence electrons. The zero-order chi connectivity index (χ0) is 17.8. The molecule has 1 amide bonds. The van der Waals surface area contributed by atoms with Crippen molar-refractivity contribution in [2.24, 2.45) is 5.92 Å². The monoisotopic (exact) mass is 347 g/mol. The lowest BCUT2D eigenvalue weighted by atomic mass is 9.81. The number of nitrogens with one attached hydrogen (secondary N) is 1. The third-order valence-corrected chi connectivity index (χ3v) is 5.35. The highest BCUT2D eigenvalue weighted by Gasteiger charge is 2.26. The molecule has 4 rings (SSSR count). The highest BCUT2D eigenvalue weighted by Crippen LogP contribution is 2.34. The van der Waals surface area contributed by atoms with Crippen LogP contribution >= 0.6 is 0 Å². The van der Waals surface area contributed by atoms with Gasteiger partial charge in [-0.05, 0) is 36.5 Å². The summed E-state index contributed by atoms with van der Waals surface area (Å²) >= 11 is 0. The van der Waals surface area contributed by atoms with Crippen molar-refractivity contribution in [1.29, 1.82) is 0 Å². The molecule has 2 aromatic heterocycles. The minimum atomic E-state index is 0.0489. The fourth-order valence-electron chi connectivity index (χ4n) is 4.06. The van der Waals surface area contributed by atoms with Crippen LogP contribution in [0.3, 0.4) is 0 Å². The molecular weight excluding hydrogens is 322 g/mol. The summed E-state index contributed by atoms with van der Waals surface area (Å²) in [6.07, 6.45) is 10.4. The third kappa shape index (κ3) is 3.79. The van der Waals surface area contributed by atoms with E-state index in [1.165, 1.54) is 37.7 Å². The van der Waals surface area contributed by atoms with Gasteiger partial charge < -0.3 is 9.72 Å². The van der Waals surface area contributed by atoms with Crippen molar-refractivity contribution in [2.45, 2.75) is 44.6 Å². The fraction of sp³-hybridized carbons (Fsp3) is 0.364. The van der Waals surface area contributed by atoms with Crippen LogP contribution < -0.4 is 5.32 Å². The molecule has 2 heterocycles. The number of imidazole rings is 1. The van der Waals surface area contributed by atoms with Crippen molar-refractivity contribution < 1.29 is 4.79 Å². The van der Waals surface area contributed by atoms with Crippen molar-refractivity contribution in [2.75, 3.05) is 0 Å². The summed E-state index contributed by atoms with van der Waals surface area (Å²) in [7, 11) is 0. The number of benzene rings is 1. The minimum Gasteiger partial charge on any atom is -0.349 e. The van der Waals surface area contributed by atoms with E-state index >= 15 is 0 Å². The summed E-state index contributed by atoms with van der Waals surface area (Å²) in [5.41, 5.74) is 2.90. The summed E-state index contributed by atoms with van der Waals surface area (Å²) in [6.45, 7) is 0. The predicted octanol–water partition coefficient (Wildman–Crippen LogP) is 4.31. The SMILES string of the molecule is O=C(Cc1cn2ccccc2n1)N[C@H](c1ccccc1)C1CCCCC1. The average molecular weight is 347 g/mol. The first kappa shape index (κ1) is 16.8. The molecule has 0 spiro atoms. The van der Waals surface area contributed by atoms with Gasteiger partial charge in [0.1, 0.15) is 5.65 Å². The van der Waals surface area contributed by atoms with Crippen molar-refractivity contribution in [3.05, 3.63) is 72.2 Å². The summed E-state index contributed by atoms with van der Waals surface area (Å²) in [4.78, 5) is 17.3. The van der Waals surface area contributed by atoms with Crippen molar-refractivity contribution in [1.82, 2.24) is 14.7 Å². The van der Waals surface area contributed by atoms with Crippen LogP contribution in [0.1, 0.15) is 49.4 Å². The van der Waals surface area contributed by atoms with Crippen LogP contribution in [-0.4, -0.2) is 15.3 Å². The van der Waals surface area contributed by atoms with E-state index < -0.39 is 0 Å². The molecule has 0 radical (unpaired) electrons. The topological polar surface area (TPSA) is 46.4 Å². The Morgan fingerprint density at radius 1 is 1.08 bits per heavy atom. The van der Waals surface area contributed by atoms with E-state index in [0.717, 1.165) is 11.3 Å². The van der Waals surface area contributed by atoms with Crippen molar-refractivity contribution in [3.63, 3.8) is 0 Å². The molecule has 1 saturated carbocycles. The number of nitrogens with zero attached hydrogens (tertiary/aromatic N) is 2. The van der Waals surface area contributed by atoms with E-state index in [0.29, 0.717) is 12.3 Å². The van der Waals surface area contributed by atoms with Crippen LogP contribution in [0.4, 0.5) is 0 Å². The van der Waals surface area contributed by atoms with E-state index in [-0.39, 0.29) is 11.9 Å². The zero-order valence-corrected chi connectivity index (χ0v) is 15.0. The molecule has 0 aliphatic heterocycles. The van der Waals surface area contributed by atoms with Gasteiger partial charge in [-0.15, -0.1) is 0 Å². The molecule has 3 aromatic rings. The molecule has 0 saturated heterocycles. The zero-order valence-electron chi connectivity index (χ0n) is 15.0. The Balaban J connectivity index is 1.50. The molecule has 4 nitrogen and oxygen atoms in total. The molecule has 26 heavy (non-hydrogen) atoms. The Bertz CT molecular complexity index is 832. The van der Waals surface area contributed by atoms with Gasteiger partial charge in [-0.25, -0.2) is 4.98 Å². The van der Waals surface area contributed by atoms with Crippen LogP contribution in [0, 0.1) is 5.92 Å². The number of rotatable bonds is 5. The lowest BCUT2D eigenvalue weighted by Gasteiger charge is -2.31. The maximum Gasteiger partial charge on any atom is 0.226 e. The lowest BCUT2D eigenvalue weighted by Crippen LogP contribution is -2.35. The number of carbonyl (C=O) groups is 1. The van der Waals surface area contributed by atoms with Gasteiger partial charge >= 0.3 is 0 Å². The molecule has 1 aliphatic rings. The van der Waals surface area contributed by atoms with E-state index in [1.807, 2.05) is 41.1 Å². The van der Waals surface area contributed by atoms with Crippen LogP contribution in [0.2, 0.25) is 0 Å². The molecule has 1 aromatic carbocycles. The average Bonchev–Trinajstić information content (AvgIpc) is 3.09. The van der Waals surface area contributed by atoms with Gasteiger partial charge in [-0.2, -0.15) is 0 Å².